The molecule has 3 rings (SSSR count). The molecule has 1 unspecified atom stereocenters. The minimum absolute atomic E-state index is 0.153. The second-order valence-corrected chi connectivity index (χ2v) is 7.27. The van der Waals surface area contributed by atoms with Crippen molar-refractivity contribution in [2.45, 2.75) is 32.9 Å². The van der Waals surface area contributed by atoms with Crippen molar-refractivity contribution in [1.29, 1.82) is 5.26 Å². The van der Waals surface area contributed by atoms with Crippen LogP contribution < -0.4 is 10.9 Å². The fourth-order valence-corrected chi connectivity index (χ4v) is 3.75. The molecule has 166 valence electrons. The molecule has 3 aromatic rings. The highest BCUT2D eigenvalue weighted by Crippen LogP contribution is 2.25. The van der Waals surface area contributed by atoms with Gasteiger partial charge in [0.1, 0.15) is 5.82 Å². The van der Waals surface area contributed by atoms with E-state index in [2.05, 4.69) is 11.4 Å². The number of hydrogen-bond acceptors (Lipinski definition) is 5. The second-order valence-electron chi connectivity index (χ2n) is 7.27. The van der Waals surface area contributed by atoms with E-state index in [0.717, 1.165) is 0 Å². The van der Waals surface area contributed by atoms with Gasteiger partial charge in [0.15, 0.2) is 0 Å². The zero-order valence-corrected chi connectivity index (χ0v) is 18.5. The molecule has 0 radical (unpaired) electrons. The summed E-state index contributed by atoms with van der Waals surface area (Å²) in [6.45, 7) is 4.94. The van der Waals surface area contributed by atoms with Crippen molar-refractivity contribution < 1.29 is 9.53 Å². The first kappa shape index (κ1) is 23.0. The number of urea groups is 1. The Labute approximate surface area is 187 Å². The normalized spacial score (nSPS) is 11.7. The number of amides is 2. The molecule has 0 aliphatic heterocycles. The van der Waals surface area contributed by atoms with Crippen LogP contribution in [-0.2, 0) is 11.3 Å². The molecule has 1 atom stereocenters. The number of carbonyl (C=O) groups is 1. The Morgan fingerprint density at radius 3 is 2.72 bits per heavy atom. The van der Waals surface area contributed by atoms with Crippen LogP contribution in [0.4, 0.5) is 10.5 Å². The van der Waals surface area contributed by atoms with Crippen molar-refractivity contribution in [2.24, 2.45) is 0 Å². The Balaban J connectivity index is 2.03. The first-order chi connectivity index (χ1) is 15.5. The van der Waals surface area contributed by atoms with E-state index in [9.17, 15) is 9.59 Å². The average molecular weight is 434 g/mol. The Kier molecular flexibility index (Phi) is 7.58. The van der Waals surface area contributed by atoms with Gasteiger partial charge >= 0.3 is 6.03 Å². The number of nitrogens with one attached hydrogen (secondary N) is 1. The van der Waals surface area contributed by atoms with Gasteiger partial charge in [-0.3, -0.25) is 9.36 Å². The Morgan fingerprint density at radius 2 is 2.03 bits per heavy atom. The lowest BCUT2D eigenvalue weighted by Gasteiger charge is -2.31. The summed E-state index contributed by atoms with van der Waals surface area (Å²) in [6.07, 6.45) is 0.567. The van der Waals surface area contributed by atoms with E-state index in [1.54, 1.807) is 53.0 Å². The smallest absolute Gasteiger partial charge is 0.322 e. The van der Waals surface area contributed by atoms with Crippen LogP contribution in [0.2, 0.25) is 0 Å². The lowest BCUT2D eigenvalue weighted by Crippen LogP contribution is -2.41. The number of aromatic nitrogens is 2. The number of hydrogen-bond donors (Lipinski definition) is 1. The minimum atomic E-state index is -0.423. The molecule has 0 aliphatic carbocycles. The van der Waals surface area contributed by atoms with Gasteiger partial charge in [-0.15, -0.1) is 0 Å². The minimum Gasteiger partial charge on any atom is -0.383 e. The van der Waals surface area contributed by atoms with E-state index in [0.29, 0.717) is 54.1 Å². The summed E-state index contributed by atoms with van der Waals surface area (Å²) < 4.78 is 6.81. The van der Waals surface area contributed by atoms with E-state index >= 15 is 0 Å². The average Bonchev–Trinajstić information content (AvgIpc) is 2.82. The SMILES string of the molecule is CCC(c1nc2ccccc2c(=O)n1CCOC)N(CC)C(=O)Nc1cccc(C#N)c1. The maximum Gasteiger partial charge on any atom is 0.322 e. The molecule has 0 aliphatic rings. The summed E-state index contributed by atoms with van der Waals surface area (Å²) in [5.41, 5.74) is 1.44. The Morgan fingerprint density at radius 1 is 1.25 bits per heavy atom. The number of carbonyl (C=O) groups excluding carboxylic acids is 1. The summed E-state index contributed by atoms with van der Waals surface area (Å²) in [6, 6.07) is 15.3. The topological polar surface area (TPSA) is 100 Å². The Bertz CT molecular complexity index is 1200. The number of nitriles is 1. The number of benzene rings is 2. The maximum atomic E-state index is 13.2. The van der Waals surface area contributed by atoms with Gasteiger partial charge in [-0.25, -0.2) is 9.78 Å². The molecule has 1 aromatic heterocycles. The summed E-state index contributed by atoms with van der Waals surface area (Å²) >= 11 is 0. The van der Waals surface area contributed by atoms with Crippen LogP contribution in [0, 0.1) is 11.3 Å². The lowest BCUT2D eigenvalue weighted by atomic mass is 10.1. The summed E-state index contributed by atoms with van der Waals surface area (Å²) in [7, 11) is 1.58. The molecule has 0 fully saturated rings. The fraction of sp³-hybridized carbons (Fsp3) is 0.333. The lowest BCUT2D eigenvalue weighted by molar-refractivity contribution is 0.172. The molecule has 0 spiro atoms. The number of nitrogens with zero attached hydrogens (tertiary/aromatic N) is 4. The number of fused-ring (bicyclic) bond motifs is 1. The first-order valence-corrected chi connectivity index (χ1v) is 10.6. The number of rotatable bonds is 8. The zero-order chi connectivity index (χ0) is 23.1. The van der Waals surface area contributed by atoms with Crippen LogP contribution >= 0.6 is 0 Å². The van der Waals surface area contributed by atoms with Crippen LogP contribution in [0.15, 0.2) is 53.3 Å². The van der Waals surface area contributed by atoms with Gasteiger partial charge in [0, 0.05) is 19.3 Å². The molecular formula is C24H27N5O3. The van der Waals surface area contributed by atoms with Crippen molar-refractivity contribution >= 4 is 22.6 Å². The largest absolute Gasteiger partial charge is 0.383 e. The van der Waals surface area contributed by atoms with Gasteiger partial charge in [0.2, 0.25) is 0 Å². The van der Waals surface area contributed by atoms with Crippen molar-refractivity contribution in [1.82, 2.24) is 14.5 Å². The van der Waals surface area contributed by atoms with Gasteiger partial charge in [0.05, 0.1) is 41.7 Å². The molecule has 8 nitrogen and oxygen atoms in total. The van der Waals surface area contributed by atoms with Crippen molar-refractivity contribution in [3.63, 3.8) is 0 Å². The van der Waals surface area contributed by atoms with Crippen LogP contribution in [0.5, 0.6) is 0 Å². The quantitative estimate of drug-likeness (QED) is 0.580. The van der Waals surface area contributed by atoms with E-state index in [1.165, 1.54) is 0 Å². The van der Waals surface area contributed by atoms with Crippen molar-refractivity contribution in [2.75, 3.05) is 25.6 Å². The molecule has 1 N–H and O–H groups in total. The van der Waals surface area contributed by atoms with Gasteiger partial charge in [-0.1, -0.05) is 25.1 Å². The third kappa shape index (κ3) is 4.79. The number of ether oxygens (including phenoxy) is 1. The molecule has 32 heavy (non-hydrogen) atoms. The predicted molar refractivity (Wildman–Crippen MR) is 123 cm³/mol. The van der Waals surface area contributed by atoms with Gasteiger partial charge in [-0.2, -0.15) is 5.26 Å². The monoisotopic (exact) mass is 433 g/mol. The summed E-state index contributed by atoms with van der Waals surface area (Å²) in [5, 5.41) is 12.5. The third-order valence-electron chi connectivity index (χ3n) is 5.32. The zero-order valence-electron chi connectivity index (χ0n) is 18.5. The fourth-order valence-electron chi connectivity index (χ4n) is 3.75. The molecule has 8 heteroatoms. The van der Waals surface area contributed by atoms with Crippen LogP contribution in [-0.4, -0.2) is 40.7 Å². The number of para-hydroxylation sites is 1. The molecule has 0 saturated heterocycles. The molecule has 2 aromatic carbocycles. The van der Waals surface area contributed by atoms with Gasteiger partial charge in [0.25, 0.3) is 5.56 Å². The molecular weight excluding hydrogens is 406 g/mol. The Hall–Kier alpha value is -3.70. The predicted octanol–water partition coefficient (Wildman–Crippen LogP) is 3.92. The standard InChI is InChI=1S/C24H27N5O3/c1-4-21(28(5-2)24(31)26-18-10-8-9-17(15-18)16-25)22-27-20-12-7-6-11-19(20)23(30)29(22)13-14-32-3/h6-12,15,21H,4-5,13-14H2,1-3H3,(H,26,31). The summed E-state index contributed by atoms with van der Waals surface area (Å²) in [4.78, 5) is 32.9. The maximum absolute atomic E-state index is 13.2. The third-order valence-corrected chi connectivity index (χ3v) is 5.32. The van der Waals surface area contributed by atoms with Crippen LogP contribution in [0.25, 0.3) is 10.9 Å². The second kappa shape index (κ2) is 10.6. The van der Waals surface area contributed by atoms with E-state index < -0.39 is 6.04 Å². The van der Waals surface area contributed by atoms with Crippen molar-refractivity contribution in [3.05, 3.63) is 70.3 Å². The summed E-state index contributed by atoms with van der Waals surface area (Å²) in [5.74, 6) is 0.524. The molecule has 2 amide bonds. The first-order valence-electron chi connectivity index (χ1n) is 10.6. The van der Waals surface area contributed by atoms with Crippen LogP contribution in [0.1, 0.15) is 37.7 Å². The highest BCUT2D eigenvalue weighted by Gasteiger charge is 2.27. The van der Waals surface area contributed by atoms with E-state index in [-0.39, 0.29) is 11.6 Å². The molecule has 0 bridgehead atoms. The molecule has 0 saturated carbocycles. The van der Waals surface area contributed by atoms with Gasteiger partial charge < -0.3 is 15.0 Å². The van der Waals surface area contributed by atoms with E-state index in [1.807, 2.05) is 26.0 Å². The number of methoxy groups -OCH3 is 1. The van der Waals surface area contributed by atoms with Crippen LogP contribution in [0.3, 0.4) is 0 Å². The van der Waals surface area contributed by atoms with E-state index in [4.69, 9.17) is 15.0 Å². The molecule has 1 heterocycles. The van der Waals surface area contributed by atoms with Gasteiger partial charge in [-0.05, 0) is 43.7 Å². The highest BCUT2D eigenvalue weighted by molar-refractivity contribution is 5.89. The highest BCUT2D eigenvalue weighted by atomic mass is 16.5. The number of anilines is 1. The van der Waals surface area contributed by atoms with Crippen molar-refractivity contribution in [3.8, 4) is 6.07 Å².